The first kappa shape index (κ1) is 18.7. The van der Waals surface area contributed by atoms with E-state index in [1.807, 2.05) is 18.7 Å². The number of rotatable bonds is 6. The van der Waals surface area contributed by atoms with E-state index in [4.69, 9.17) is 5.11 Å². The molecule has 128 valence electrons. The lowest BCUT2D eigenvalue weighted by Gasteiger charge is -2.31. The van der Waals surface area contributed by atoms with E-state index < -0.39 is 42.5 Å². The molecule has 1 rings (SSSR count). The zero-order chi connectivity index (χ0) is 17.1. The highest BCUT2D eigenvalue weighted by Crippen LogP contribution is 2.38. The minimum absolute atomic E-state index is 0.379. The number of carbonyl (C=O) groups excluding carboxylic acids is 1. The van der Waals surface area contributed by atoms with Crippen LogP contribution < -0.4 is 0 Å². The molecule has 0 aromatic carbocycles. The van der Waals surface area contributed by atoms with Gasteiger partial charge in [-0.25, -0.2) is 0 Å². The first-order valence-electron chi connectivity index (χ1n) is 7.49. The van der Waals surface area contributed by atoms with Gasteiger partial charge in [-0.15, -0.1) is 0 Å². The van der Waals surface area contributed by atoms with Crippen molar-refractivity contribution in [2.75, 3.05) is 26.2 Å². The summed E-state index contributed by atoms with van der Waals surface area (Å²) in [5.41, 5.74) is 0. The van der Waals surface area contributed by atoms with E-state index in [0.717, 1.165) is 4.90 Å². The Labute approximate surface area is 128 Å². The highest BCUT2D eigenvalue weighted by molar-refractivity contribution is 5.83. The van der Waals surface area contributed by atoms with Crippen LogP contribution in [0.3, 0.4) is 0 Å². The van der Waals surface area contributed by atoms with Crippen molar-refractivity contribution in [3.63, 3.8) is 0 Å². The van der Waals surface area contributed by atoms with E-state index in [1.165, 1.54) is 0 Å². The number of carboxylic acids is 1. The molecule has 1 fully saturated rings. The lowest BCUT2D eigenvalue weighted by atomic mass is 9.96. The Balaban J connectivity index is 2.93. The molecule has 0 aromatic rings. The zero-order valence-electron chi connectivity index (χ0n) is 13.1. The van der Waals surface area contributed by atoms with Crippen molar-refractivity contribution in [3.8, 4) is 0 Å². The third-order valence-electron chi connectivity index (χ3n) is 4.29. The Morgan fingerprint density at radius 2 is 1.77 bits per heavy atom. The third kappa shape index (κ3) is 3.91. The van der Waals surface area contributed by atoms with Gasteiger partial charge in [-0.3, -0.25) is 14.5 Å². The van der Waals surface area contributed by atoms with Gasteiger partial charge >= 0.3 is 12.1 Å². The summed E-state index contributed by atoms with van der Waals surface area (Å²) in [5, 5.41) is 9.00. The maximum atomic E-state index is 13.0. The lowest BCUT2D eigenvalue weighted by molar-refractivity contribution is -0.188. The molecule has 0 saturated carbocycles. The largest absolute Gasteiger partial charge is 0.481 e. The van der Waals surface area contributed by atoms with E-state index in [1.54, 1.807) is 6.92 Å². The molecule has 0 aromatic heterocycles. The molecule has 8 heteroatoms. The number of aliphatic carboxylic acids is 1. The second kappa shape index (κ2) is 7.30. The van der Waals surface area contributed by atoms with Crippen molar-refractivity contribution >= 4 is 11.9 Å². The molecule has 0 radical (unpaired) electrons. The van der Waals surface area contributed by atoms with Crippen molar-refractivity contribution in [1.29, 1.82) is 0 Å². The van der Waals surface area contributed by atoms with Gasteiger partial charge in [0.25, 0.3) is 0 Å². The molecule has 1 unspecified atom stereocenters. The number of nitrogens with zero attached hydrogens (tertiary/aromatic N) is 2. The monoisotopic (exact) mass is 324 g/mol. The first-order valence-corrected chi connectivity index (χ1v) is 7.49. The summed E-state index contributed by atoms with van der Waals surface area (Å²) in [6.45, 7) is 5.82. The van der Waals surface area contributed by atoms with Gasteiger partial charge in [-0.2, -0.15) is 13.2 Å². The van der Waals surface area contributed by atoms with Crippen LogP contribution >= 0.6 is 0 Å². The molecule has 0 spiro atoms. The normalized spacial score (nSPS) is 23.9. The van der Waals surface area contributed by atoms with Gasteiger partial charge in [0.15, 0.2) is 0 Å². The summed E-state index contributed by atoms with van der Waals surface area (Å²) >= 11 is 0. The Morgan fingerprint density at radius 3 is 2.09 bits per heavy atom. The number of likely N-dealkylation sites (N-methyl/N-ethyl adjacent to an activating group) is 1. The maximum Gasteiger partial charge on any atom is 0.394 e. The topological polar surface area (TPSA) is 60.9 Å². The first-order chi connectivity index (χ1) is 10.2. The van der Waals surface area contributed by atoms with Crippen LogP contribution in [0.2, 0.25) is 0 Å². The zero-order valence-corrected chi connectivity index (χ0v) is 13.1. The molecule has 1 amide bonds. The van der Waals surface area contributed by atoms with Crippen LogP contribution in [0.5, 0.6) is 0 Å². The van der Waals surface area contributed by atoms with Gasteiger partial charge in [-0.05, 0) is 19.5 Å². The molecule has 1 aliphatic heterocycles. The molecule has 0 bridgehead atoms. The number of likely N-dealkylation sites (tertiary alicyclic amines) is 1. The van der Waals surface area contributed by atoms with Gasteiger partial charge in [-0.1, -0.05) is 20.8 Å². The fourth-order valence-electron chi connectivity index (χ4n) is 3.03. The molecule has 0 aliphatic carbocycles. The molecule has 1 N–H and O–H groups in total. The molecule has 3 atom stereocenters. The number of carbonyl (C=O) groups is 2. The Hall–Kier alpha value is -1.31. The Bertz CT molecular complexity index is 411. The average molecular weight is 324 g/mol. The highest BCUT2D eigenvalue weighted by atomic mass is 19.4. The van der Waals surface area contributed by atoms with E-state index in [2.05, 4.69) is 0 Å². The molecule has 22 heavy (non-hydrogen) atoms. The number of hydrogen-bond donors (Lipinski definition) is 1. The second-order valence-electron chi connectivity index (χ2n) is 5.48. The molecule has 1 aliphatic rings. The fraction of sp³-hybridized carbons (Fsp3) is 0.857. The van der Waals surface area contributed by atoms with Gasteiger partial charge in [0.2, 0.25) is 5.91 Å². The van der Waals surface area contributed by atoms with Crippen LogP contribution in [0, 0.1) is 11.8 Å². The second-order valence-corrected chi connectivity index (χ2v) is 5.48. The van der Waals surface area contributed by atoms with Crippen LogP contribution in [-0.2, 0) is 9.59 Å². The fourth-order valence-corrected chi connectivity index (χ4v) is 3.03. The smallest absolute Gasteiger partial charge is 0.394 e. The quantitative estimate of drug-likeness (QED) is 0.810. The number of amides is 1. The van der Waals surface area contributed by atoms with Gasteiger partial charge in [0.1, 0.15) is 0 Å². The minimum atomic E-state index is -4.62. The summed E-state index contributed by atoms with van der Waals surface area (Å²) in [6.07, 6.45) is -4.14. The van der Waals surface area contributed by atoms with Gasteiger partial charge in [0, 0.05) is 13.1 Å². The predicted octanol–water partition coefficient (Wildman–Crippen LogP) is 1.83. The van der Waals surface area contributed by atoms with Crippen LogP contribution in [0.25, 0.3) is 0 Å². The van der Waals surface area contributed by atoms with Crippen molar-refractivity contribution in [2.45, 2.75) is 39.4 Å². The minimum Gasteiger partial charge on any atom is -0.481 e. The standard InChI is InChI=1S/C14H23F3N2O3/c1-4-11(18(5-2)6-3)12(20)19-7-9(13(21)22)10(8-19)14(15,16)17/h9-11H,4-8H2,1-3H3,(H,21,22)/t9-,10-,11?/m1/s1. The third-order valence-corrected chi connectivity index (χ3v) is 4.29. The van der Waals surface area contributed by atoms with Crippen LogP contribution in [0.1, 0.15) is 27.2 Å². The van der Waals surface area contributed by atoms with E-state index in [9.17, 15) is 22.8 Å². The lowest BCUT2D eigenvalue weighted by Crippen LogP contribution is -2.48. The van der Waals surface area contributed by atoms with Crippen LogP contribution in [0.4, 0.5) is 13.2 Å². The highest BCUT2D eigenvalue weighted by Gasteiger charge is 2.54. The maximum absolute atomic E-state index is 13.0. The van der Waals surface area contributed by atoms with E-state index in [0.29, 0.717) is 19.5 Å². The van der Waals surface area contributed by atoms with Gasteiger partial charge < -0.3 is 10.0 Å². The molecular weight excluding hydrogens is 301 g/mol. The molecule has 1 saturated heterocycles. The summed E-state index contributed by atoms with van der Waals surface area (Å²) in [7, 11) is 0. The summed E-state index contributed by atoms with van der Waals surface area (Å²) < 4.78 is 38.9. The number of alkyl halides is 3. The van der Waals surface area contributed by atoms with E-state index in [-0.39, 0.29) is 6.54 Å². The van der Waals surface area contributed by atoms with Crippen molar-refractivity contribution in [3.05, 3.63) is 0 Å². The van der Waals surface area contributed by atoms with Crippen LogP contribution in [-0.4, -0.2) is 65.2 Å². The van der Waals surface area contributed by atoms with Crippen molar-refractivity contribution in [1.82, 2.24) is 9.80 Å². The van der Waals surface area contributed by atoms with Gasteiger partial charge in [0.05, 0.1) is 17.9 Å². The number of carboxylic acid groups (broad SMARTS) is 1. The molecule has 5 nitrogen and oxygen atoms in total. The van der Waals surface area contributed by atoms with E-state index >= 15 is 0 Å². The SMILES string of the molecule is CCC(C(=O)N1C[C@@H](C(F)(F)F)[C@H](C(=O)O)C1)N(CC)CC. The summed E-state index contributed by atoms with van der Waals surface area (Å²) in [5.74, 6) is -5.50. The molecular formula is C14H23F3N2O3. The summed E-state index contributed by atoms with van der Waals surface area (Å²) in [6, 6.07) is -0.503. The van der Waals surface area contributed by atoms with Crippen molar-refractivity contribution < 1.29 is 27.9 Å². The number of halogens is 3. The van der Waals surface area contributed by atoms with Crippen LogP contribution in [0.15, 0.2) is 0 Å². The number of hydrogen-bond acceptors (Lipinski definition) is 3. The molecule has 1 heterocycles. The van der Waals surface area contributed by atoms with Crippen molar-refractivity contribution in [2.24, 2.45) is 11.8 Å². The summed E-state index contributed by atoms with van der Waals surface area (Å²) in [4.78, 5) is 26.5. The Kier molecular flexibility index (Phi) is 6.22. The predicted molar refractivity (Wildman–Crippen MR) is 74.3 cm³/mol. The average Bonchev–Trinajstić information content (AvgIpc) is 2.89. The Morgan fingerprint density at radius 1 is 1.23 bits per heavy atom.